The van der Waals surface area contributed by atoms with E-state index in [2.05, 4.69) is 28.2 Å². The molecule has 3 amide bonds. The number of unbranched alkanes of at least 4 members (excludes halogenated alkanes) is 1. The Morgan fingerprint density at radius 2 is 1.81 bits per heavy atom. The lowest BCUT2D eigenvalue weighted by atomic mass is 10.1. The van der Waals surface area contributed by atoms with E-state index in [1.165, 1.54) is 0 Å². The zero-order valence-corrected chi connectivity index (χ0v) is 22.4. The molecule has 0 bridgehead atoms. The lowest BCUT2D eigenvalue weighted by Crippen LogP contribution is -2.47. The molecule has 1 atom stereocenters. The van der Waals surface area contributed by atoms with Crippen molar-refractivity contribution in [3.05, 3.63) is 76.3 Å². The van der Waals surface area contributed by atoms with Crippen molar-refractivity contribution >= 4 is 50.1 Å². The number of carbonyl (C=O) groups excluding carboxylic acids is 3. The van der Waals surface area contributed by atoms with Gasteiger partial charge in [-0.25, -0.2) is 0 Å². The molecule has 0 fully saturated rings. The summed E-state index contributed by atoms with van der Waals surface area (Å²) in [5, 5.41) is 4.97. The summed E-state index contributed by atoms with van der Waals surface area (Å²) in [6.45, 7) is 5.23. The van der Waals surface area contributed by atoms with E-state index in [1.54, 1.807) is 16.7 Å². The topological polar surface area (TPSA) is 69.7 Å². The van der Waals surface area contributed by atoms with E-state index in [0.717, 1.165) is 39.3 Å². The third kappa shape index (κ3) is 5.62. The van der Waals surface area contributed by atoms with Gasteiger partial charge in [0, 0.05) is 41.5 Å². The number of amides is 3. The number of hydrogen-bond acceptors (Lipinski definition) is 3. The average Bonchev–Trinajstić information content (AvgIpc) is 3.15. The molecule has 3 aromatic rings. The third-order valence-corrected chi connectivity index (χ3v) is 7.15. The summed E-state index contributed by atoms with van der Waals surface area (Å²) in [6.07, 6.45) is 2.64. The second kappa shape index (κ2) is 11.7. The molecular formula is C29H32BrN3O3. The van der Waals surface area contributed by atoms with Crippen LogP contribution in [-0.2, 0) is 16.1 Å². The van der Waals surface area contributed by atoms with Crippen LogP contribution in [0, 0.1) is 0 Å². The molecule has 1 heterocycles. The molecule has 1 unspecified atom stereocenters. The van der Waals surface area contributed by atoms with E-state index in [0.29, 0.717) is 31.6 Å². The Bertz CT molecular complexity index is 1270. The van der Waals surface area contributed by atoms with Crippen molar-refractivity contribution < 1.29 is 14.4 Å². The molecule has 0 aromatic heterocycles. The number of carbonyl (C=O) groups is 3. The van der Waals surface area contributed by atoms with Crippen LogP contribution in [0.1, 0.15) is 55.5 Å². The molecule has 0 spiro atoms. The Hall–Kier alpha value is -3.19. The molecule has 6 nitrogen and oxygen atoms in total. The van der Waals surface area contributed by atoms with Gasteiger partial charge in [0.05, 0.1) is 5.69 Å². The third-order valence-electron chi connectivity index (χ3n) is 6.66. The number of rotatable bonds is 11. The van der Waals surface area contributed by atoms with E-state index < -0.39 is 6.04 Å². The summed E-state index contributed by atoms with van der Waals surface area (Å²) in [4.78, 5) is 42.7. The van der Waals surface area contributed by atoms with E-state index in [-0.39, 0.29) is 24.1 Å². The highest BCUT2D eigenvalue weighted by atomic mass is 79.9. The van der Waals surface area contributed by atoms with Gasteiger partial charge in [0.15, 0.2) is 0 Å². The van der Waals surface area contributed by atoms with Crippen LogP contribution < -0.4 is 10.2 Å². The number of nitrogens with zero attached hydrogens (tertiary/aromatic N) is 2. The van der Waals surface area contributed by atoms with Gasteiger partial charge in [0.1, 0.15) is 6.04 Å². The first-order chi connectivity index (χ1) is 17.4. The number of nitrogens with one attached hydrogen (secondary N) is 1. The Morgan fingerprint density at radius 3 is 2.56 bits per heavy atom. The van der Waals surface area contributed by atoms with Crippen LogP contribution in [0.15, 0.2) is 65.1 Å². The van der Waals surface area contributed by atoms with Crippen molar-refractivity contribution in [2.24, 2.45) is 0 Å². The molecule has 4 rings (SSSR count). The fourth-order valence-corrected chi connectivity index (χ4v) is 5.13. The normalized spacial score (nSPS) is 13.2. The standard InChI is InChI=1S/C29H32BrN3O3/c1-3-4-16-31-28(35)20(2)33(19-21-9-5-12-23(30)18-21)26(34)15-8-17-32-25-14-7-11-22-10-6-13-24(27(22)25)29(32)36/h5-7,9-14,18,20H,3-4,8,15-17,19H2,1-2H3,(H,31,35). The van der Waals surface area contributed by atoms with Crippen molar-refractivity contribution in [3.63, 3.8) is 0 Å². The Balaban J connectivity index is 1.44. The monoisotopic (exact) mass is 549 g/mol. The fraction of sp³-hybridized carbons (Fsp3) is 0.345. The van der Waals surface area contributed by atoms with E-state index in [4.69, 9.17) is 0 Å². The van der Waals surface area contributed by atoms with E-state index in [9.17, 15) is 14.4 Å². The van der Waals surface area contributed by atoms with Gasteiger partial charge in [-0.05, 0) is 55.0 Å². The van der Waals surface area contributed by atoms with Gasteiger partial charge in [-0.2, -0.15) is 0 Å². The number of hydrogen-bond donors (Lipinski definition) is 1. The van der Waals surface area contributed by atoms with Crippen molar-refractivity contribution in [2.45, 2.75) is 52.1 Å². The molecule has 1 aliphatic rings. The number of halogens is 1. The largest absolute Gasteiger partial charge is 0.354 e. The van der Waals surface area contributed by atoms with E-state index in [1.807, 2.05) is 60.7 Å². The minimum absolute atomic E-state index is 0.0242. The summed E-state index contributed by atoms with van der Waals surface area (Å²) in [5.41, 5.74) is 2.56. The van der Waals surface area contributed by atoms with Gasteiger partial charge in [-0.3, -0.25) is 14.4 Å². The quantitative estimate of drug-likeness (QED) is 0.313. The molecule has 0 aliphatic carbocycles. The highest BCUT2D eigenvalue weighted by Crippen LogP contribution is 2.37. The van der Waals surface area contributed by atoms with Crippen molar-refractivity contribution in [1.29, 1.82) is 0 Å². The van der Waals surface area contributed by atoms with Crippen LogP contribution in [0.25, 0.3) is 10.8 Å². The maximum atomic E-state index is 13.4. The average molecular weight is 550 g/mol. The zero-order valence-electron chi connectivity index (χ0n) is 20.8. The number of anilines is 1. The van der Waals surface area contributed by atoms with Gasteiger partial charge in [0.2, 0.25) is 11.8 Å². The zero-order chi connectivity index (χ0) is 25.7. The van der Waals surface area contributed by atoms with Gasteiger partial charge < -0.3 is 15.1 Å². The highest BCUT2D eigenvalue weighted by molar-refractivity contribution is 9.10. The smallest absolute Gasteiger partial charge is 0.258 e. The van der Waals surface area contributed by atoms with Crippen molar-refractivity contribution in [2.75, 3.05) is 18.0 Å². The molecule has 0 saturated heterocycles. The van der Waals surface area contributed by atoms with Gasteiger partial charge in [0.25, 0.3) is 5.91 Å². The van der Waals surface area contributed by atoms with Gasteiger partial charge in [-0.1, -0.05) is 65.7 Å². The molecule has 1 N–H and O–H groups in total. The van der Waals surface area contributed by atoms with Crippen LogP contribution in [0.5, 0.6) is 0 Å². The molecule has 36 heavy (non-hydrogen) atoms. The van der Waals surface area contributed by atoms with Crippen LogP contribution in [0.3, 0.4) is 0 Å². The minimum Gasteiger partial charge on any atom is -0.354 e. The molecule has 188 valence electrons. The first-order valence-electron chi connectivity index (χ1n) is 12.6. The Labute approximate surface area is 220 Å². The first kappa shape index (κ1) is 25.9. The lowest BCUT2D eigenvalue weighted by molar-refractivity contribution is -0.140. The summed E-state index contributed by atoms with van der Waals surface area (Å²) >= 11 is 3.49. The second-order valence-corrected chi connectivity index (χ2v) is 10.1. The molecule has 0 saturated carbocycles. The SMILES string of the molecule is CCCCNC(=O)C(C)N(Cc1cccc(Br)c1)C(=O)CCCN1C(=O)c2cccc3cccc1c23. The summed E-state index contributed by atoms with van der Waals surface area (Å²) < 4.78 is 0.925. The molecule has 0 radical (unpaired) electrons. The predicted molar refractivity (Wildman–Crippen MR) is 147 cm³/mol. The fourth-order valence-electron chi connectivity index (χ4n) is 4.68. The summed E-state index contributed by atoms with van der Waals surface area (Å²) in [7, 11) is 0. The van der Waals surface area contributed by atoms with E-state index >= 15 is 0 Å². The minimum atomic E-state index is -0.597. The molecule has 1 aliphatic heterocycles. The summed E-state index contributed by atoms with van der Waals surface area (Å²) in [6, 6.07) is 18.9. The second-order valence-electron chi connectivity index (χ2n) is 9.21. The Kier molecular flexibility index (Phi) is 8.41. The maximum absolute atomic E-state index is 13.4. The van der Waals surface area contributed by atoms with Crippen LogP contribution in [-0.4, -0.2) is 41.8 Å². The van der Waals surface area contributed by atoms with Crippen molar-refractivity contribution in [1.82, 2.24) is 10.2 Å². The van der Waals surface area contributed by atoms with Crippen LogP contribution in [0.4, 0.5) is 5.69 Å². The van der Waals surface area contributed by atoms with Gasteiger partial charge in [-0.15, -0.1) is 0 Å². The lowest BCUT2D eigenvalue weighted by Gasteiger charge is -2.29. The number of benzene rings is 3. The molecular weight excluding hydrogens is 518 g/mol. The summed E-state index contributed by atoms with van der Waals surface area (Å²) in [5.74, 6) is -0.275. The predicted octanol–water partition coefficient (Wildman–Crippen LogP) is 5.68. The van der Waals surface area contributed by atoms with Crippen LogP contribution in [0.2, 0.25) is 0 Å². The first-order valence-corrected chi connectivity index (χ1v) is 13.3. The Morgan fingerprint density at radius 1 is 1.06 bits per heavy atom. The molecule has 3 aromatic carbocycles. The van der Waals surface area contributed by atoms with Gasteiger partial charge >= 0.3 is 0 Å². The highest BCUT2D eigenvalue weighted by Gasteiger charge is 2.30. The van der Waals surface area contributed by atoms with Crippen molar-refractivity contribution in [3.8, 4) is 0 Å². The van der Waals surface area contributed by atoms with Crippen LogP contribution >= 0.6 is 15.9 Å². The molecule has 7 heteroatoms. The maximum Gasteiger partial charge on any atom is 0.258 e.